The lowest BCUT2D eigenvalue weighted by molar-refractivity contribution is -0.253. The fourth-order valence-corrected chi connectivity index (χ4v) is 1.07. The predicted molar refractivity (Wildman–Crippen MR) is 60.0 cm³/mol. The van der Waals surface area contributed by atoms with Gasteiger partial charge in [0.05, 0.1) is 11.6 Å². The van der Waals surface area contributed by atoms with Crippen LogP contribution in [0.15, 0.2) is 29.3 Å². The van der Waals surface area contributed by atoms with Gasteiger partial charge in [0, 0.05) is 6.07 Å². The van der Waals surface area contributed by atoms with Gasteiger partial charge in [-0.1, -0.05) is 6.07 Å². The van der Waals surface area contributed by atoms with E-state index in [9.17, 15) is 17.6 Å². The van der Waals surface area contributed by atoms with Gasteiger partial charge in [-0.05, 0) is 12.1 Å². The van der Waals surface area contributed by atoms with Crippen molar-refractivity contribution >= 4 is 23.1 Å². The summed E-state index contributed by atoms with van der Waals surface area (Å²) in [6.07, 6.45) is -8.47. The van der Waals surface area contributed by atoms with Crippen molar-refractivity contribution in [2.24, 2.45) is 10.7 Å². The molecule has 1 aromatic rings. The molecule has 0 unspecified atom stereocenters. The van der Waals surface area contributed by atoms with Crippen LogP contribution in [0.2, 0.25) is 0 Å². The Morgan fingerprint density at radius 2 is 2.11 bits per heavy atom. The summed E-state index contributed by atoms with van der Waals surface area (Å²) in [4.78, 5) is 3.76. The number of benzene rings is 1. The highest BCUT2D eigenvalue weighted by molar-refractivity contribution is 6.28. The van der Waals surface area contributed by atoms with Gasteiger partial charge in [-0.15, -0.1) is 11.6 Å². The van der Waals surface area contributed by atoms with Crippen LogP contribution in [0.3, 0.4) is 0 Å². The topological polar surface area (TPSA) is 47.6 Å². The van der Waals surface area contributed by atoms with Crippen LogP contribution in [0.5, 0.6) is 5.75 Å². The van der Waals surface area contributed by atoms with Gasteiger partial charge >= 0.3 is 12.5 Å². The van der Waals surface area contributed by atoms with Gasteiger partial charge in [-0.3, -0.25) is 0 Å². The predicted octanol–water partition coefficient (Wildman–Crippen LogP) is 3.15. The molecule has 8 heteroatoms. The van der Waals surface area contributed by atoms with Gasteiger partial charge in [-0.2, -0.15) is 17.6 Å². The molecule has 0 aliphatic rings. The number of nitrogens with zero attached hydrogens (tertiary/aromatic N) is 1. The van der Waals surface area contributed by atoms with E-state index in [1.165, 1.54) is 12.1 Å². The SMILES string of the molecule is NC(CCl)=Nc1cccc(OC(F)(F)C(F)F)c1. The van der Waals surface area contributed by atoms with Crippen LogP contribution in [0.4, 0.5) is 23.2 Å². The van der Waals surface area contributed by atoms with E-state index in [0.29, 0.717) is 0 Å². The van der Waals surface area contributed by atoms with E-state index in [4.69, 9.17) is 17.3 Å². The number of ether oxygens (including phenoxy) is 1. The third kappa shape index (κ3) is 4.06. The summed E-state index contributed by atoms with van der Waals surface area (Å²) in [5.74, 6) is -0.420. The second kappa shape index (κ2) is 5.90. The monoisotopic (exact) mass is 284 g/mol. The number of aliphatic imine (C=N–C) groups is 1. The minimum absolute atomic E-state index is 0.0434. The second-order valence-corrected chi connectivity index (χ2v) is 3.47. The molecule has 0 radical (unpaired) electrons. The maximum atomic E-state index is 12.6. The van der Waals surface area contributed by atoms with Crippen molar-refractivity contribution in [2.75, 3.05) is 5.88 Å². The number of hydrogen-bond donors (Lipinski definition) is 1. The largest absolute Gasteiger partial charge is 0.461 e. The molecule has 0 amide bonds. The summed E-state index contributed by atoms with van der Waals surface area (Å²) in [6, 6.07) is 4.91. The lowest BCUT2D eigenvalue weighted by atomic mass is 10.3. The number of amidine groups is 1. The van der Waals surface area contributed by atoms with Crippen LogP contribution in [0.1, 0.15) is 0 Å². The number of halogens is 5. The Balaban J connectivity index is 2.90. The zero-order valence-corrected chi connectivity index (χ0v) is 9.67. The fraction of sp³-hybridized carbons (Fsp3) is 0.300. The first-order valence-electron chi connectivity index (χ1n) is 4.69. The van der Waals surface area contributed by atoms with Gasteiger partial charge in [0.1, 0.15) is 11.6 Å². The molecule has 0 aliphatic heterocycles. The summed E-state index contributed by atoms with van der Waals surface area (Å²) in [7, 11) is 0. The first-order valence-corrected chi connectivity index (χ1v) is 5.22. The van der Waals surface area contributed by atoms with Crippen LogP contribution in [-0.4, -0.2) is 24.2 Å². The van der Waals surface area contributed by atoms with Crippen molar-refractivity contribution in [3.63, 3.8) is 0 Å². The molecular formula is C10H9ClF4N2O. The molecule has 0 saturated heterocycles. The van der Waals surface area contributed by atoms with Crippen molar-refractivity contribution in [1.82, 2.24) is 0 Å². The van der Waals surface area contributed by atoms with Crippen molar-refractivity contribution in [1.29, 1.82) is 0 Å². The summed E-state index contributed by atoms with van der Waals surface area (Å²) in [6.45, 7) is 0. The number of rotatable bonds is 5. The first kappa shape index (κ1) is 14.6. The minimum atomic E-state index is -4.56. The van der Waals surface area contributed by atoms with Crippen LogP contribution >= 0.6 is 11.6 Å². The van der Waals surface area contributed by atoms with E-state index >= 15 is 0 Å². The molecule has 0 bridgehead atoms. The van der Waals surface area contributed by atoms with E-state index < -0.39 is 18.3 Å². The van der Waals surface area contributed by atoms with Crippen LogP contribution < -0.4 is 10.5 Å². The molecule has 0 spiro atoms. The Morgan fingerprint density at radius 3 is 2.67 bits per heavy atom. The first-order chi connectivity index (χ1) is 8.35. The molecule has 1 aromatic carbocycles. The maximum absolute atomic E-state index is 12.6. The van der Waals surface area contributed by atoms with Crippen LogP contribution in [0, 0.1) is 0 Å². The standard InChI is InChI=1S/C10H9ClF4N2O/c11-5-8(16)17-6-2-1-3-7(4-6)18-10(14,15)9(12)13/h1-4,9H,5H2,(H2,16,17). The Bertz CT molecular complexity index is 440. The molecule has 18 heavy (non-hydrogen) atoms. The maximum Gasteiger partial charge on any atom is 0.461 e. The summed E-state index contributed by atoms with van der Waals surface area (Å²) in [5, 5.41) is 0. The second-order valence-electron chi connectivity index (χ2n) is 3.20. The van der Waals surface area contributed by atoms with Crippen molar-refractivity contribution in [2.45, 2.75) is 12.5 Å². The molecule has 0 atom stereocenters. The summed E-state index contributed by atoms with van der Waals surface area (Å²) in [5.41, 5.74) is 5.52. The molecule has 2 N–H and O–H groups in total. The van der Waals surface area contributed by atoms with Gasteiger partial charge in [0.25, 0.3) is 0 Å². The molecule has 100 valence electrons. The lowest BCUT2D eigenvalue weighted by Crippen LogP contribution is -2.33. The Labute approximate surface area is 105 Å². The molecule has 0 heterocycles. The van der Waals surface area contributed by atoms with Crippen LogP contribution in [0.25, 0.3) is 0 Å². The third-order valence-corrected chi connectivity index (χ3v) is 2.01. The average molecular weight is 285 g/mol. The zero-order chi connectivity index (χ0) is 13.8. The quantitative estimate of drug-likeness (QED) is 0.391. The molecular weight excluding hydrogens is 276 g/mol. The summed E-state index contributed by atoms with van der Waals surface area (Å²) >= 11 is 5.38. The van der Waals surface area contributed by atoms with Crippen molar-refractivity contribution in [3.8, 4) is 5.75 Å². The van der Waals surface area contributed by atoms with Gasteiger partial charge in [-0.25, -0.2) is 4.99 Å². The molecule has 0 saturated carbocycles. The minimum Gasteiger partial charge on any atom is -0.428 e. The van der Waals surface area contributed by atoms with E-state index in [1.54, 1.807) is 0 Å². The molecule has 3 nitrogen and oxygen atoms in total. The summed E-state index contributed by atoms with van der Waals surface area (Å²) < 4.78 is 53.0. The highest BCUT2D eigenvalue weighted by atomic mass is 35.5. The molecule has 0 aliphatic carbocycles. The zero-order valence-electron chi connectivity index (χ0n) is 8.92. The smallest absolute Gasteiger partial charge is 0.428 e. The highest BCUT2D eigenvalue weighted by Crippen LogP contribution is 2.29. The van der Waals surface area contributed by atoms with E-state index in [2.05, 4.69) is 9.73 Å². The van der Waals surface area contributed by atoms with Crippen LogP contribution in [-0.2, 0) is 0 Å². The molecule has 0 fully saturated rings. The molecule has 1 rings (SSSR count). The average Bonchev–Trinajstić information content (AvgIpc) is 2.28. The fourth-order valence-electron chi connectivity index (χ4n) is 1.01. The number of hydrogen-bond acceptors (Lipinski definition) is 2. The van der Waals surface area contributed by atoms with Crippen molar-refractivity contribution in [3.05, 3.63) is 24.3 Å². The highest BCUT2D eigenvalue weighted by Gasteiger charge is 2.43. The van der Waals surface area contributed by atoms with Gasteiger partial charge in [0.2, 0.25) is 0 Å². The third-order valence-electron chi connectivity index (χ3n) is 1.74. The molecule has 0 aromatic heterocycles. The van der Waals surface area contributed by atoms with Crippen molar-refractivity contribution < 1.29 is 22.3 Å². The number of alkyl halides is 5. The normalized spacial score (nSPS) is 12.9. The van der Waals surface area contributed by atoms with Gasteiger partial charge < -0.3 is 10.5 Å². The van der Waals surface area contributed by atoms with E-state index in [0.717, 1.165) is 12.1 Å². The Kier molecular flexibility index (Phi) is 4.77. The van der Waals surface area contributed by atoms with Gasteiger partial charge in [0.15, 0.2) is 0 Å². The Hall–Kier alpha value is -1.50. The number of nitrogens with two attached hydrogens (primary N) is 1. The lowest BCUT2D eigenvalue weighted by Gasteiger charge is -2.16. The van der Waals surface area contributed by atoms with E-state index in [1.807, 2.05) is 0 Å². The Morgan fingerprint density at radius 1 is 1.44 bits per heavy atom. The van der Waals surface area contributed by atoms with E-state index in [-0.39, 0.29) is 17.4 Å².